The highest BCUT2D eigenvalue weighted by Crippen LogP contribution is 2.24. The Morgan fingerprint density at radius 3 is 2.19 bits per heavy atom. The summed E-state index contributed by atoms with van der Waals surface area (Å²) in [7, 11) is 0. The van der Waals surface area contributed by atoms with Crippen LogP contribution >= 0.6 is 0 Å². The Balaban J connectivity index is 1.71. The summed E-state index contributed by atoms with van der Waals surface area (Å²) in [4.78, 5) is 31.6. The fourth-order valence-corrected chi connectivity index (χ4v) is 3.45. The molecule has 0 fully saturated rings. The number of amides is 2. The molecule has 31 heavy (non-hydrogen) atoms. The predicted octanol–water partition coefficient (Wildman–Crippen LogP) is 3.66. The van der Waals surface area contributed by atoms with Crippen LogP contribution in [0.3, 0.4) is 0 Å². The van der Waals surface area contributed by atoms with Gasteiger partial charge in [0.1, 0.15) is 6.61 Å². The molecule has 2 amide bonds. The van der Waals surface area contributed by atoms with E-state index in [1.807, 2.05) is 18.2 Å². The van der Waals surface area contributed by atoms with Crippen LogP contribution in [0.15, 0.2) is 60.7 Å². The number of nitrogens with zero attached hydrogens (tertiary/aromatic N) is 1. The molecule has 0 heterocycles. The minimum absolute atomic E-state index is 0.234. The smallest absolute Gasteiger partial charge is 0.274 e. The molecule has 0 aliphatic rings. The van der Waals surface area contributed by atoms with Gasteiger partial charge in [0.05, 0.1) is 0 Å². The molecule has 0 unspecified atom stereocenters. The van der Waals surface area contributed by atoms with Crippen molar-refractivity contribution < 1.29 is 19.6 Å². The summed E-state index contributed by atoms with van der Waals surface area (Å²) >= 11 is 0. The van der Waals surface area contributed by atoms with E-state index in [1.54, 1.807) is 5.48 Å². The molecular formula is C24H27N3O4. The number of hydrogen-bond donors (Lipinski definition) is 3. The Morgan fingerprint density at radius 1 is 0.903 bits per heavy atom. The first-order valence-corrected chi connectivity index (χ1v) is 10.3. The first-order chi connectivity index (χ1) is 15.1. The van der Waals surface area contributed by atoms with Gasteiger partial charge in [-0.3, -0.25) is 24.5 Å². The quantitative estimate of drug-likeness (QED) is 0.362. The van der Waals surface area contributed by atoms with Crippen LogP contribution in [-0.4, -0.2) is 35.0 Å². The number of fused-ring (bicyclic) bond motifs is 1. The molecule has 7 heteroatoms. The predicted molar refractivity (Wildman–Crippen MR) is 119 cm³/mol. The van der Waals surface area contributed by atoms with Crippen molar-refractivity contribution in [2.45, 2.75) is 27.0 Å². The molecule has 0 aromatic heterocycles. The SMILES string of the molecule is CCN(CC)Cc1c(CONC(=O)c2ccc(C(=O)NO)cc2)ccc2ccccc12. The van der Waals surface area contributed by atoms with Crippen molar-refractivity contribution in [3.8, 4) is 0 Å². The van der Waals surface area contributed by atoms with E-state index in [1.165, 1.54) is 40.6 Å². The maximum Gasteiger partial charge on any atom is 0.274 e. The van der Waals surface area contributed by atoms with E-state index in [2.05, 4.69) is 42.4 Å². The number of benzene rings is 3. The van der Waals surface area contributed by atoms with Crippen molar-refractivity contribution in [1.82, 2.24) is 15.9 Å². The second-order valence-corrected chi connectivity index (χ2v) is 7.12. The lowest BCUT2D eigenvalue weighted by molar-refractivity contribution is 0.0230. The zero-order valence-electron chi connectivity index (χ0n) is 17.7. The zero-order valence-corrected chi connectivity index (χ0v) is 17.7. The summed E-state index contributed by atoms with van der Waals surface area (Å²) in [5, 5.41) is 11.0. The highest BCUT2D eigenvalue weighted by molar-refractivity contribution is 5.97. The molecule has 0 atom stereocenters. The van der Waals surface area contributed by atoms with Gasteiger partial charge >= 0.3 is 0 Å². The maximum absolute atomic E-state index is 12.4. The van der Waals surface area contributed by atoms with Gasteiger partial charge in [-0.2, -0.15) is 0 Å². The average Bonchev–Trinajstić information content (AvgIpc) is 2.82. The Hall–Kier alpha value is -3.26. The van der Waals surface area contributed by atoms with Gasteiger partial charge in [-0.05, 0) is 59.3 Å². The number of rotatable bonds is 9. The topological polar surface area (TPSA) is 90.9 Å². The third-order valence-electron chi connectivity index (χ3n) is 5.32. The van der Waals surface area contributed by atoms with Crippen molar-refractivity contribution in [2.75, 3.05) is 13.1 Å². The molecule has 7 nitrogen and oxygen atoms in total. The fourth-order valence-electron chi connectivity index (χ4n) is 3.45. The van der Waals surface area contributed by atoms with Crippen molar-refractivity contribution >= 4 is 22.6 Å². The first kappa shape index (κ1) is 22.4. The van der Waals surface area contributed by atoms with Gasteiger partial charge < -0.3 is 0 Å². The Labute approximate surface area is 181 Å². The van der Waals surface area contributed by atoms with Gasteiger partial charge in [0, 0.05) is 17.7 Å². The van der Waals surface area contributed by atoms with Crippen LogP contribution < -0.4 is 11.0 Å². The summed E-state index contributed by atoms with van der Waals surface area (Å²) in [5.74, 6) is -1.05. The van der Waals surface area contributed by atoms with E-state index in [9.17, 15) is 9.59 Å². The van der Waals surface area contributed by atoms with E-state index in [0.717, 1.165) is 25.2 Å². The molecule has 0 saturated carbocycles. The summed E-state index contributed by atoms with van der Waals surface area (Å²) in [6.07, 6.45) is 0. The molecule has 0 bridgehead atoms. The van der Waals surface area contributed by atoms with Crippen molar-refractivity contribution in [3.05, 3.63) is 82.9 Å². The highest BCUT2D eigenvalue weighted by atomic mass is 16.6. The molecular weight excluding hydrogens is 394 g/mol. The molecule has 162 valence electrons. The van der Waals surface area contributed by atoms with Crippen LogP contribution in [0, 0.1) is 0 Å². The lowest BCUT2D eigenvalue weighted by atomic mass is 9.98. The van der Waals surface area contributed by atoms with E-state index in [0.29, 0.717) is 5.56 Å². The minimum Gasteiger partial charge on any atom is -0.300 e. The maximum atomic E-state index is 12.4. The summed E-state index contributed by atoms with van der Waals surface area (Å²) in [5.41, 5.74) is 6.81. The van der Waals surface area contributed by atoms with E-state index < -0.39 is 11.8 Å². The average molecular weight is 421 g/mol. The molecule has 0 spiro atoms. The monoisotopic (exact) mass is 421 g/mol. The Bertz CT molecular complexity index is 1050. The van der Waals surface area contributed by atoms with Gasteiger partial charge in [-0.25, -0.2) is 11.0 Å². The zero-order chi connectivity index (χ0) is 22.2. The number of nitrogens with one attached hydrogen (secondary N) is 2. The van der Waals surface area contributed by atoms with Gasteiger partial charge in [0.25, 0.3) is 11.8 Å². The van der Waals surface area contributed by atoms with Crippen molar-refractivity contribution in [1.29, 1.82) is 0 Å². The second kappa shape index (κ2) is 10.7. The molecule has 0 aliphatic carbocycles. The van der Waals surface area contributed by atoms with E-state index >= 15 is 0 Å². The van der Waals surface area contributed by atoms with Crippen LogP contribution in [0.5, 0.6) is 0 Å². The van der Waals surface area contributed by atoms with Gasteiger partial charge in [0.15, 0.2) is 0 Å². The fraction of sp³-hybridized carbons (Fsp3) is 0.250. The van der Waals surface area contributed by atoms with Crippen LogP contribution in [0.25, 0.3) is 10.8 Å². The lowest BCUT2D eigenvalue weighted by Crippen LogP contribution is -2.25. The third kappa shape index (κ3) is 5.46. The molecule has 3 N–H and O–H groups in total. The third-order valence-corrected chi connectivity index (χ3v) is 5.32. The minimum atomic E-state index is -0.639. The highest BCUT2D eigenvalue weighted by Gasteiger charge is 2.13. The van der Waals surface area contributed by atoms with Gasteiger partial charge in [-0.1, -0.05) is 50.2 Å². The van der Waals surface area contributed by atoms with Crippen LogP contribution in [0.2, 0.25) is 0 Å². The summed E-state index contributed by atoms with van der Waals surface area (Å²) < 4.78 is 0. The molecule has 0 saturated heterocycles. The number of hydrogen-bond acceptors (Lipinski definition) is 5. The van der Waals surface area contributed by atoms with Gasteiger partial charge in [-0.15, -0.1) is 0 Å². The van der Waals surface area contributed by atoms with Crippen LogP contribution in [0.1, 0.15) is 45.7 Å². The molecule has 0 radical (unpaired) electrons. The largest absolute Gasteiger partial charge is 0.300 e. The van der Waals surface area contributed by atoms with E-state index in [4.69, 9.17) is 10.0 Å². The Morgan fingerprint density at radius 2 is 1.55 bits per heavy atom. The van der Waals surface area contributed by atoms with Crippen molar-refractivity contribution in [3.63, 3.8) is 0 Å². The molecule has 0 aliphatic heterocycles. The van der Waals surface area contributed by atoms with E-state index in [-0.39, 0.29) is 12.2 Å². The summed E-state index contributed by atoms with van der Waals surface area (Å²) in [6.45, 7) is 7.20. The molecule has 3 rings (SSSR count). The number of hydroxylamine groups is 2. The van der Waals surface area contributed by atoms with Gasteiger partial charge in [0.2, 0.25) is 0 Å². The normalized spacial score (nSPS) is 11.0. The number of carbonyl (C=O) groups is 2. The molecule has 3 aromatic rings. The number of carbonyl (C=O) groups excluding carboxylic acids is 2. The van der Waals surface area contributed by atoms with Crippen LogP contribution in [-0.2, 0) is 18.0 Å². The summed E-state index contributed by atoms with van der Waals surface area (Å²) in [6, 6.07) is 18.2. The molecule has 3 aromatic carbocycles. The standard InChI is InChI=1S/C24H27N3O4/c1-3-27(4-2)15-22-20(14-9-17-7-5-6-8-21(17)22)16-31-26-24(29)19-12-10-18(11-13-19)23(28)25-30/h5-14,30H,3-4,15-16H2,1-2H3,(H,25,28)(H,26,29). The lowest BCUT2D eigenvalue weighted by Gasteiger charge is -2.22. The van der Waals surface area contributed by atoms with Crippen LogP contribution in [0.4, 0.5) is 0 Å². The first-order valence-electron chi connectivity index (χ1n) is 10.3. The van der Waals surface area contributed by atoms with Crippen molar-refractivity contribution in [2.24, 2.45) is 0 Å². The second-order valence-electron chi connectivity index (χ2n) is 7.12. The Kier molecular flexibility index (Phi) is 7.72.